The van der Waals surface area contributed by atoms with Crippen LogP contribution in [0.5, 0.6) is 5.75 Å². The Balaban J connectivity index is 2.02. The quantitative estimate of drug-likeness (QED) is 0.464. The predicted molar refractivity (Wildman–Crippen MR) is 87.8 cm³/mol. The molecule has 0 aliphatic heterocycles. The Morgan fingerprint density at radius 1 is 0.957 bits per heavy atom. The summed E-state index contributed by atoms with van der Waals surface area (Å²) in [4.78, 5) is 24.4. The topological polar surface area (TPSA) is 52.6 Å². The summed E-state index contributed by atoms with van der Waals surface area (Å²) in [6, 6.07) is 15.5. The number of carbonyl (C=O) groups is 2. The first kappa shape index (κ1) is 16.5. The van der Waals surface area contributed by atoms with Gasteiger partial charge in [-0.25, -0.2) is 4.79 Å². The van der Waals surface area contributed by atoms with Crippen LogP contribution in [-0.4, -0.2) is 25.5 Å². The van der Waals surface area contributed by atoms with Crippen LogP contribution in [0.15, 0.2) is 66.2 Å². The number of benzene rings is 2. The van der Waals surface area contributed by atoms with Gasteiger partial charge in [0.2, 0.25) is 0 Å². The van der Waals surface area contributed by atoms with E-state index in [1.54, 1.807) is 68.6 Å². The van der Waals surface area contributed by atoms with Crippen molar-refractivity contribution in [2.45, 2.75) is 6.92 Å². The van der Waals surface area contributed by atoms with Crippen molar-refractivity contribution in [1.29, 1.82) is 0 Å². The summed E-state index contributed by atoms with van der Waals surface area (Å²) in [5.74, 6) is 0.0579. The maximum atomic E-state index is 12.4. The maximum Gasteiger partial charge on any atom is 0.338 e. The second-order valence-corrected chi connectivity index (χ2v) is 4.81. The number of ether oxygens (including phenoxy) is 2. The lowest BCUT2D eigenvalue weighted by Gasteiger charge is -2.08. The van der Waals surface area contributed by atoms with Gasteiger partial charge >= 0.3 is 5.97 Å². The minimum atomic E-state index is -0.451. The number of methoxy groups -OCH3 is 1. The van der Waals surface area contributed by atoms with Crippen molar-refractivity contribution in [2.75, 3.05) is 13.7 Å². The molecule has 2 aromatic rings. The van der Waals surface area contributed by atoms with Crippen molar-refractivity contribution < 1.29 is 19.1 Å². The van der Waals surface area contributed by atoms with E-state index in [2.05, 4.69) is 0 Å². The Kier molecular flexibility index (Phi) is 5.69. The van der Waals surface area contributed by atoms with Gasteiger partial charge < -0.3 is 9.47 Å². The van der Waals surface area contributed by atoms with Gasteiger partial charge in [-0.3, -0.25) is 4.79 Å². The summed E-state index contributed by atoms with van der Waals surface area (Å²) < 4.78 is 10.3. The van der Waals surface area contributed by atoms with Crippen molar-refractivity contribution in [2.24, 2.45) is 0 Å². The maximum absolute atomic E-state index is 12.4. The highest BCUT2D eigenvalue weighted by Crippen LogP contribution is 2.15. The molecule has 0 unspecified atom stereocenters. The first-order valence-corrected chi connectivity index (χ1v) is 7.22. The Bertz CT molecular complexity index is 700. The number of carbonyl (C=O) groups excluding carboxylic acids is 2. The average Bonchev–Trinajstić information content (AvgIpc) is 2.62. The Labute approximate surface area is 135 Å². The standard InChI is InChI=1S/C19H18O4/c1-3-14(13-23-19(21)16-7-5-4-6-8-16)18(20)15-9-11-17(22-2)12-10-15/h3-12H,13H2,1-2H3/b14-3+. The predicted octanol–water partition coefficient (Wildman–Crippen LogP) is 3.68. The lowest BCUT2D eigenvalue weighted by Crippen LogP contribution is -2.13. The number of hydrogen-bond acceptors (Lipinski definition) is 4. The fourth-order valence-electron chi connectivity index (χ4n) is 2.01. The van der Waals surface area contributed by atoms with Crippen molar-refractivity contribution >= 4 is 11.8 Å². The first-order chi connectivity index (χ1) is 11.2. The zero-order valence-corrected chi connectivity index (χ0v) is 13.1. The lowest BCUT2D eigenvalue weighted by atomic mass is 10.0. The largest absolute Gasteiger partial charge is 0.497 e. The van der Waals surface area contributed by atoms with Crippen LogP contribution in [0.4, 0.5) is 0 Å². The fraction of sp³-hybridized carbons (Fsp3) is 0.158. The van der Waals surface area contributed by atoms with Gasteiger partial charge in [-0.05, 0) is 43.3 Å². The monoisotopic (exact) mass is 310 g/mol. The zero-order valence-electron chi connectivity index (χ0n) is 13.1. The molecule has 4 nitrogen and oxygen atoms in total. The van der Waals surface area contributed by atoms with Crippen LogP contribution in [0.1, 0.15) is 27.6 Å². The van der Waals surface area contributed by atoms with Crippen LogP contribution in [0.2, 0.25) is 0 Å². The molecule has 0 N–H and O–H groups in total. The number of hydrogen-bond donors (Lipinski definition) is 0. The Hall–Kier alpha value is -2.88. The van der Waals surface area contributed by atoms with E-state index in [0.717, 1.165) is 0 Å². The Morgan fingerprint density at radius 2 is 1.61 bits per heavy atom. The second-order valence-electron chi connectivity index (χ2n) is 4.81. The summed E-state index contributed by atoms with van der Waals surface area (Å²) in [7, 11) is 1.57. The first-order valence-electron chi connectivity index (χ1n) is 7.22. The summed E-state index contributed by atoms with van der Waals surface area (Å²) >= 11 is 0. The molecule has 0 fully saturated rings. The SMILES string of the molecule is C/C=C(\COC(=O)c1ccccc1)C(=O)c1ccc(OC)cc1. The molecule has 0 radical (unpaired) electrons. The van der Waals surface area contributed by atoms with Gasteiger partial charge in [0.25, 0.3) is 0 Å². The van der Waals surface area contributed by atoms with Gasteiger partial charge in [0.05, 0.1) is 12.7 Å². The van der Waals surface area contributed by atoms with Crippen molar-refractivity contribution in [3.8, 4) is 5.75 Å². The van der Waals surface area contributed by atoms with Crippen molar-refractivity contribution in [3.63, 3.8) is 0 Å². The van der Waals surface area contributed by atoms with E-state index in [0.29, 0.717) is 22.4 Å². The van der Waals surface area contributed by atoms with Crippen LogP contribution >= 0.6 is 0 Å². The number of rotatable bonds is 6. The summed E-state index contributed by atoms with van der Waals surface area (Å²) in [6.45, 7) is 1.68. The normalized spacial score (nSPS) is 11.0. The highest BCUT2D eigenvalue weighted by atomic mass is 16.5. The summed E-state index contributed by atoms with van der Waals surface area (Å²) in [5, 5.41) is 0. The van der Waals surface area contributed by atoms with Crippen LogP contribution in [0.25, 0.3) is 0 Å². The number of ketones is 1. The van der Waals surface area contributed by atoms with E-state index >= 15 is 0 Å². The van der Waals surface area contributed by atoms with Crippen molar-refractivity contribution in [3.05, 3.63) is 77.4 Å². The molecule has 0 aliphatic carbocycles. The van der Waals surface area contributed by atoms with Crippen LogP contribution in [0.3, 0.4) is 0 Å². The third-order valence-corrected chi connectivity index (χ3v) is 3.36. The van der Waals surface area contributed by atoms with E-state index < -0.39 is 5.97 Å². The molecule has 0 heterocycles. The van der Waals surface area contributed by atoms with Gasteiger partial charge in [0, 0.05) is 11.1 Å². The second kappa shape index (κ2) is 7.94. The van der Waals surface area contributed by atoms with E-state index in [-0.39, 0.29) is 12.4 Å². The van der Waals surface area contributed by atoms with E-state index in [1.807, 2.05) is 6.07 Å². The summed E-state index contributed by atoms with van der Waals surface area (Å²) in [5.41, 5.74) is 1.41. The number of allylic oxidation sites excluding steroid dienone is 1. The minimum Gasteiger partial charge on any atom is -0.497 e. The minimum absolute atomic E-state index is 0.0604. The number of Topliss-reactive ketones (excluding diaryl/α,β-unsaturated/α-hetero) is 1. The zero-order chi connectivity index (χ0) is 16.7. The molecule has 118 valence electrons. The number of esters is 1. The molecule has 0 atom stereocenters. The van der Waals surface area contributed by atoms with Gasteiger partial charge in [-0.15, -0.1) is 0 Å². The molecular weight excluding hydrogens is 292 g/mol. The van der Waals surface area contributed by atoms with E-state index in [4.69, 9.17) is 9.47 Å². The van der Waals surface area contributed by atoms with Gasteiger partial charge in [-0.1, -0.05) is 24.3 Å². The highest BCUT2D eigenvalue weighted by molar-refractivity contribution is 6.09. The third-order valence-electron chi connectivity index (χ3n) is 3.36. The van der Waals surface area contributed by atoms with Gasteiger partial charge in [0.15, 0.2) is 5.78 Å². The highest BCUT2D eigenvalue weighted by Gasteiger charge is 2.14. The molecule has 0 bridgehead atoms. The van der Waals surface area contributed by atoms with Gasteiger partial charge in [-0.2, -0.15) is 0 Å². The molecule has 2 aromatic carbocycles. The third kappa shape index (κ3) is 4.30. The van der Waals surface area contributed by atoms with Gasteiger partial charge in [0.1, 0.15) is 12.4 Å². The lowest BCUT2D eigenvalue weighted by molar-refractivity contribution is 0.0537. The smallest absolute Gasteiger partial charge is 0.338 e. The molecule has 4 heteroatoms. The van der Waals surface area contributed by atoms with Crippen molar-refractivity contribution in [1.82, 2.24) is 0 Å². The molecule has 0 aliphatic rings. The molecule has 2 rings (SSSR count). The fourth-order valence-corrected chi connectivity index (χ4v) is 2.01. The molecule has 0 spiro atoms. The molecule has 23 heavy (non-hydrogen) atoms. The molecule has 0 saturated heterocycles. The van der Waals surface area contributed by atoms with Crippen LogP contribution in [0, 0.1) is 0 Å². The molecule has 0 saturated carbocycles. The summed E-state index contributed by atoms with van der Waals surface area (Å²) in [6.07, 6.45) is 1.66. The van der Waals surface area contributed by atoms with Crippen LogP contribution < -0.4 is 4.74 Å². The molecule has 0 aromatic heterocycles. The van der Waals surface area contributed by atoms with Crippen LogP contribution in [-0.2, 0) is 4.74 Å². The Morgan fingerprint density at radius 3 is 2.17 bits per heavy atom. The average molecular weight is 310 g/mol. The van der Waals surface area contributed by atoms with E-state index in [9.17, 15) is 9.59 Å². The van der Waals surface area contributed by atoms with E-state index in [1.165, 1.54) is 0 Å². The molecular formula is C19H18O4. The molecule has 0 amide bonds.